The fourth-order valence-electron chi connectivity index (χ4n) is 4.15. The summed E-state index contributed by atoms with van der Waals surface area (Å²) in [5, 5.41) is 5.16. The highest BCUT2D eigenvalue weighted by Crippen LogP contribution is 2.29. The van der Waals surface area contributed by atoms with Crippen molar-refractivity contribution >= 4 is 34.0 Å². The van der Waals surface area contributed by atoms with E-state index in [1.54, 1.807) is 17.0 Å². The van der Waals surface area contributed by atoms with Gasteiger partial charge in [-0.2, -0.15) is 0 Å². The average molecular weight is 386 g/mol. The number of hydrogen-bond acceptors (Lipinski definition) is 2. The first-order valence-corrected chi connectivity index (χ1v) is 10.4. The molecule has 148 valence electrons. The number of carbonyl (C=O) groups excluding carboxylic acids is 2. The first-order chi connectivity index (χ1) is 14.2. The second kappa shape index (κ2) is 8.48. The van der Waals surface area contributed by atoms with Crippen LogP contribution in [0.2, 0.25) is 0 Å². The molecular weight excluding hydrogens is 360 g/mol. The quantitative estimate of drug-likeness (QED) is 0.617. The lowest BCUT2D eigenvalue weighted by Gasteiger charge is -2.23. The van der Waals surface area contributed by atoms with Gasteiger partial charge in [0.05, 0.1) is 5.69 Å². The topological polar surface area (TPSA) is 49.4 Å². The largest absolute Gasteiger partial charge is 0.326 e. The molecule has 1 N–H and O–H groups in total. The van der Waals surface area contributed by atoms with E-state index in [0.29, 0.717) is 12.1 Å². The highest BCUT2D eigenvalue weighted by Gasteiger charge is 2.23. The third-order valence-corrected chi connectivity index (χ3v) is 5.74. The van der Waals surface area contributed by atoms with Crippen molar-refractivity contribution in [2.45, 2.75) is 32.6 Å². The maximum absolute atomic E-state index is 13.2. The van der Waals surface area contributed by atoms with Crippen LogP contribution in [0.25, 0.3) is 10.8 Å². The number of rotatable bonds is 5. The van der Waals surface area contributed by atoms with E-state index in [0.717, 1.165) is 47.8 Å². The monoisotopic (exact) mass is 386 g/mol. The summed E-state index contributed by atoms with van der Waals surface area (Å²) >= 11 is 0. The average Bonchev–Trinajstić information content (AvgIpc) is 3.30. The molecule has 0 heterocycles. The van der Waals surface area contributed by atoms with Crippen LogP contribution in [-0.2, 0) is 4.79 Å². The van der Waals surface area contributed by atoms with Gasteiger partial charge in [0.15, 0.2) is 0 Å². The van der Waals surface area contributed by atoms with Crippen LogP contribution in [0.1, 0.15) is 43.0 Å². The Morgan fingerprint density at radius 2 is 1.62 bits per heavy atom. The van der Waals surface area contributed by atoms with E-state index in [2.05, 4.69) is 17.4 Å². The minimum Gasteiger partial charge on any atom is -0.326 e. The molecule has 0 atom stereocenters. The van der Waals surface area contributed by atoms with Gasteiger partial charge in [0.2, 0.25) is 5.91 Å². The molecule has 2 amide bonds. The molecule has 0 saturated heterocycles. The van der Waals surface area contributed by atoms with E-state index < -0.39 is 0 Å². The maximum Gasteiger partial charge on any atom is 0.258 e. The van der Waals surface area contributed by atoms with Crippen molar-refractivity contribution in [2.24, 2.45) is 5.92 Å². The molecule has 3 aromatic rings. The number of fused-ring (bicyclic) bond motifs is 1. The summed E-state index contributed by atoms with van der Waals surface area (Å²) in [4.78, 5) is 27.3. The van der Waals surface area contributed by atoms with E-state index in [-0.39, 0.29) is 17.7 Å². The SMILES string of the molecule is CCN(C(=O)c1ccc(NC(=O)C2CCCC2)cc1)c1cccc2ccccc12. The van der Waals surface area contributed by atoms with Crippen molar-refractivity contribution in [3.8, 4) is 0 Å². The van der Waals surface area contributed by atoms with E-state index in [1.807, 2.05) is 49.4 Å². The van der Waals surface area contributed by atoms with Crippen molar-refractivity contribution < 1.29 is 9.59 Å². The van der Waals surface area contributed by atoms with Crippen LogP contribution >= 0.6 is 0 Å². The summed E-state index contributed by atoms with van der Waals surface area (Å²) in [7, 11) is 0. The van der Waals surface area contributed by atoms with Crippen molar-refractivity contribution in [3.05, 3.63) is 72.3 Å². The number of nitrogens with zero attached hydrogens (tertiary/aromatic N) is 1. The standard InChI is InChI=1S/C25H26N2O2/c1-2-27(23-13-7-11-18-8-5-6-12-22(18)23)25(29)20-14-16-21(17-15-20)26-24(28)19-9-3-4-10-19/h5-8,11-17,19H,2-4,9-10H2,1H3,(H,26,28). The van der Waals surface area contributed by atoms with Crippen LogP contribution in [0.5, 0.6) is 0 Å². The summed E-state index contributed by atoms with van der Waals surface area (Å²) in [6.07, 6.45) is 4.21. The Bertz CT molecular complexity index is 1020. The molecule has 0 spiro atoms. The molecule has 4 heteroatoms. The third kappa shape index (κ3) is 4.02. The van der Waals surface area contributed by atoms with Crippen LogP contribution in [0.15, 0.2) is 66.7 Å². The smallest absolute Gasteiger partial charge is 0.258 e. The highest BCUT2D eigenvalue weighted by molar-refractivity contribution is 6.11. The number of nitrogens with one attached hydrogen (secondary N) is 1. The van der Waals surface area contributed by atoms with E-state index >= 15 is 0 Å². The molecule has 0 aliphatic heterocycles. The molecule has 3 aromatic carbocycles. The molecule has 1 saturated carbocycles. The minimum atomic E-state index is -0.0440. The van der Waals surface area contributed by atoms with Crippen LogP contribution in [0.3, 0.4) is 0 Å². The fraction of sp³-hybridized carbons (Fsp3) is 0.280. The van der Waals surface area contributed by atoms with Gasteiger partial charge in [0.25, 0.3) is 5.91 Å². The summed E-state index contributed by atoms with van der Waals surface area (Å²) in [5.74, 6) is 0.170. The van der Waals surface area contributed by atoms with Crippen LogP contribution < -0.4 is 10.2 Å². The van der Waals surface area contributed by atoms with Crippen LogP contribution in [0, 0.1) is 5.92 Å². The molecule has 1 fully saturated rings. The molecule has 1 aliphatic carbocycles. The van der Waals surface area contributed by atoms with Gasteiger partial charge >= 0.3 is 0 Å². The Balaban J connectivity index is 1.54. The van der Waals surface area contributed by atoms with Crippen molar-refractivity contribution in [1.82, 2.24) is 0 Å². The molecule has 4 rings (SSSR count). The van der Waals surface area contributed by atoms with E-state index in [1.165, 1.54) is 0 Å². The molecule has 4 nitrogen and oxygen atoms in total. The molecule has 0 aromatic heterocycles. The van der Waals surface area contributed by atoms with Gasteiger partial charge in [-0.1, -0.05) is 49.2 Å². The maximum atomic E-state index is 13.2. The number of hydrogen-bond donors (Lipinski definition) is 1. The van der Waals surface area contributed by atoms with E-state index in [4.69, 9.17) is 0 Å². The Hall–Kier alpha value is -3.14. The van der Waals surface area contributed by atoms with Gasteiger partial charge in [0.1, 0.15) is 0 Å². The second-order valence-electron chi connectivity index (χ2n) is 7.60. The Labute approximate surface area is 171 Å². The summed E-state index contributed by atoms with van der Waals surface area (Å²) in [5.41, 5.74) is 2.26. The lowest BCUT2D eigenvalue weighted by molar-refractivity contribution is -0.119. The Morgan fingerprint density at radius 3 is 2.34 bits per heavy atom. The van der Waals surface area contributed by atoms with Gasteiger partial charge in [-0.3, -0.25) is 9.59 Å². The summed E-state index contributed by atoms with van der Waals surface area (Å²) in [6.45, 7) is 2.56. The molecule has 1 aliphatic rings. The lowest BCUT2D eigenvalue weighted by atomic mass is 10.1. The molecule has 0 unspecified atom stereocenters. The third-order valence-electron chi connectivity index (χ3n) is 5.74. The Kier molecular flexibility index (Phi) is 5.61. The molecular formula is C25H26N2O2. The predicted octanol–water partition coefficient (Wildman–Crippen LogP) is 5.64. The van der Waals surface area contributed by atoms with Gasteiger partial charge in [0, 0.05) is 29.1 Å². The molecule has 0 bridgehead atoms. The van der Waals surface area contributed by atoms with Gasteiger partial charge in [-0.15, -0.1) is 0 Å². The molecule has 0 radical (unpaired) electrons. The number of carbonyl (C=O) groups is 2. The lowest BCUT2D eigenvalue weighted by Crippen LogP contribution is -2.30. The highest BCUT2D eigenvalue weighted by atomic mass is 16.2. The predicted molar refractivity (Wildman–Crippen MR) is 118 cm³/mol. The van der Waals surface area contributed by atoms with Crippen molar-refractivity contribution in [2.75, 3.05) is 16.8 Å². The zero-order valence-corrected chi connectivity index (χ0v) is 16.7. The zero-order chi connectivity index (χ0) is 20.2. The van der Waals surface area contributed by atoms with Crippen LogP contribution in [-0.4, -0.2) is 18.4 Å². The summed E-state index contributed by atoms with van der Waals surface area (Å²) < 4.78 is 0. The van der Waals surface area contributed by atoms with Crippen LogP contribution in [0.4, 0.5) is 11.4 Å². The normalized spacial score (nSPS) is 14.1. The van der Waals surface area contributed by atoms with Gasteiger partial charge in [-0.25, -0.2) is 0 Å². The number of amides is 2. The van der Waals surface area contributed by atoms with Gasteiger partial charge in [-0.05, 0) is 55.5 Å². The number of anilines is 2. The minimum absolute atomic E-state index is 0.0440. The second-order valence-corrected chi connectivity index (χ2v) is 7.60. The first kappa shape index (κ1) is 19.2. The fourth-order valence-corrected chi connectivity index (χ4v) is 4.15. The number of benzene rings is 3. The van der Waals surface area contributed by atoms with E-state index in [9.17, 15) is 9.59 Å². The van der Waals surface area contributed by atoms with Crippen molar-refractivity contribution in [1.29, 1.82) is 0 Å². The Morgan fingerprint density at radius 1 is 0.931 bits per heavy atom. The van der Waals surface area contributed by atoms with Crippen molar-refractivity contribution in [3.63, 3.8) is 0 Å². The first-order valence-electron chi connectivity index (χ1n) is 10.4. The zero-order valence-electron chi connectivity index (χ0n) is 16.7. The van der Waals surface area contributed by atoms with Gasteiger partial charge < -0.3 is 10.2 Å². The summed E-state index contributed by atoms with van der Waals surface area (Å²) in [6, 6.07) is 21.3. The molecule has 29 heavy (non-hydrogen) atoms.